The Morgan fingerprint density at radius 1 is 0.962 bits per heavy atom. The third kappa shape index (κ3) is 6.50. The summed E-state index contributed by atoms with van der Waals surface area (Å²) in [5, 5.41) is 0. The zero-order valence-corrected chi connectivity index (χ0v) is 15.7. The van der Waals surface area contributed by atoms with Crippen LogP contribution in [0.4, 0.5) is 0 Å². The number of benzene rings is 2. The maximum atomic E-state index is 5.92. The van der Waals surface area contributed by atoms with Gasteiger partial charge in [0.25, 0.3) is 0 Å². The molecule has 0 atom stereocenters. The van der Waals surface area contributed by atoms with E-state index in [1.165, 1.54) is 0 Å². The van der Waals surface area contributed by atoms with Gasteiger partial charge in [-0.1, -0.05) is 30.3 Å². The zero-order valence-electron chi connectivity index (χ0n) is 15.7. The van der Waals surface area contributed by atoms with Crippen molar-refractivity contribution in [2.24, 2.45) is 4.99 Å². The molecule has 2 aromatic rings. The summed E-state index contributed by atoms with van der Waals surface area (Å²) in [7, 11) is 1.63. The molecule has 140 valence electrons. The van der Waals surface area contributed by atoms with Gasteiger partial charge in [-0.25, -0.2) is 0 Å². The van der Waals surface area contributed by atoms with Gasteiger partial charge >= 0.3 is 0 Å². The number of hydrogen-bond acceptors (Lipinski definition) is 5. The van der Waals surface area contributed by atoms with Gasteiger partial charge in [-0.2, -0.15) is 0 Å². The summed E-state index contributed by atoms with van der Waals surface area (Å²) in [5.41, 5.74) is 2.03. The molecule has 5 nitrogen and oxygen atoms in total. The van der Waals surface area contributed by atoms with Gasteiger partial charge in [-0.05, 0) is 43.2 Å². The van der Waals surface area contributed by atoms with E-state index in [2.05, 4.69) is 4.99 Å². The summed E-state index contributed by atoms with van der Waals surface area (Å²) in [5.74, 6) is 1.38. The van der Waals surface area contributed by atoms with Crippen molar-refractivity contribution in [2.45, 2.75) is 26.7 Å². The second kappa shape index (κ2) is 11.3. The third-order valence-electron chi connectivity index (χ3n) is 3.62. The maximum absolute atomic E-state index is 5.92. The molecule has 0 aromatic heterocycles. The summed E-state index contributed by atoms with van der Waals surface area (Å²) in [6.45, 7) is 6.01. The van der Waals surface area contributed by atoms with Crippen molar-refractivity contribution in [1.82, 2.24) is 0 Å². The molecular weight excluding hydrogens is 330 g/mol. The average molecular weight is 357 g/mol. The Hall–Kier alpha value is -2.37. The van der Waals surface area contributed by atoms with E-state index in [1.807, 2.05) is 62.4 Å². The zero-order chi connectivity index (χ0) is 18.6. The minimum absolute atomic E-state index is 0.312. The van der Waals surface area contributed by atoms with Gasteiger partial charge in [0.15, 0.2) is 17.8 Å². The molecule has 0 N–H and O–H groups in total. The Morgan fingerprint density at radius 3 is 2.35 bits per heavy atom. The topological polar surface area (TPSA) is 49.3 Å². The first-order valence-electron chi connectivity index (χ1n) is 8.84. The van der Waals surface area contributed by atoms with Crippen molar-refractivity contribution in [3.63, 3.8) is 0 Å². The monoisotopic (exact) mass is 357 g/mol. The summed E-state index contributed by atoms with van der Waals surface area (Å²) < 4.78 is 22.3. The highest BCUT2D eigenvalue weighted by Crippen LogP contribution is 2.28. The van der Waals surface area contributed by atoms with Crippen LogP contribution in [0.2, 0.25) is 0 Å². The van der Waals surface area contributed by atoms with Crippen LogP contribution in [0, 0.1) is 0 Å². The van der Waals surface area contributed by atoms with Gasteiger partial charge in [0, 0.05) is 19.4 Å². The molecule has 0 unspecified atom stereocenters. The molecule has 2 rings (SSSR count). The van der Waals surface area contributed by atoms with Crippen molar-refractivity contribution in [1.29, 1.82) is 0 Å². The Bertz CT molecular complexity index is 667. The number of ether oxygens (including phenoxy) is 4. The molecule has 0 fully saturated rings. The van der Waals surface area contributed by atoms with Crippen LogP contribution in [0.1, 0.15) is 25.0 Å². The van der Waals surface area contributed by atoms with Gasteiger partial charge in [0.2, 0.25) is 0 Å². The third-order valence-corrected chi connectivity index (χ3v) is 3.62. The highest BCUT2D eigenvalue weighted by Gasteiger charge is 2.07. The van der Waals surface area contributed by atoms with Gasteiger partial charge in [0.1, 0.15) is 6.61 Å². The van der Waals surface area contributed by atoms with Crippen molar-refractivity contribution < 1.29 is 18.9 Å². The first-order valence-corrected chi connectivity index (χ1v) is 8.84. The Labute approximate surface area is 155 Å². The van der Waals surface area contributed by atoms with Crippen molar-refractivity contribution in [3.8, 4) is 11.5 Å². The van der Waals surface area contributed by atoms with E-state index in [9.17, 15) is 0 Å². The number of hydrogen-bond donors (Lipinski definition) is 0. The lowest BCUT2D eigenvalue weighted by Crippen LogP contribution is -2.20. The fraction of sp³-hybridized carbons (Fsp3) is 0.381. The molecular formula is C21H27NO4. The fourth-order valence-electron chi connectivity index (χ4n) is 2.39. The summed E-state index contributed by atoms with van der Waals surface area (Å²) >= 11 is 0. The minimum atomic E-state index is -0.312. The Kier molecular flexibility index (Phi) is 8.66. The van der Waals surface area contributed by atoms with E-state index in [-0.39, 0.29) is 6.29 Å². The smallest absolute Gasteiger partial charge is 0.176 e. The molecule has 0 saturated heterocycles. The predicted octanol–water partition coefficient (Wildman–Crippen LogP) is 4.09. The first kappa shape index (κ1) is 19.9. The number of methoxy groups -OCH3 is 1. The van der Waals surface area contributed by atoms with Gasteiger partial charge in [0.05, 0.1) is 13.7 Å². The van der Waals surface area contributed by atoms with E-state index >= 15 is 0 Å². The number of rotatable bonds is 11. The van der Waals surface area contributed by atoms with Gasteiger partial charge < -0.3 is 18.9 Å². The lowest BCUT2D eigenvalue weighted by Gasteiger charge is -2.14. The normalized spacial score (nSPS) is 11.2. The van der Waals surface area contributed by atoms with Crippen molar-refractivity contribution in [3.05, 3.63) is 59.7 Å². The minimum Gasteiger partial charge on any atom is -0.493 e. The summed E-state index contributed by atoms with van der Waals surface area (Å²) in [4.78, 5) is 4.42. The van der Waals surface area contributed by atoms with E-state index in [0.717, 1.165) is 11.1 Å². The van der Waals surface area contributed by atoms with Crippen LogP contribution in [0.3, 0.4) is 0 Å². The van der Waals surface area contributed by atoms with Crippen LogP contribution >= 0.6 is 0 Å². The molecule has 0 aliphatic heterocycles. The van der Waals surface area contributed by atoms with Gasteiger partial charge in [-0.3, -0.25) is 4.99 Å². The quantitative estimate of drug-likeness (QED) is 0.449. The summed E-state index contributed by atoms with van der Waals surface area (Å²) in [6, 6.07) is 15.8. The summed E-state index contributed by atoms with van der Waals surface area (Å²) in [6.07, 6.45) is 1.48. The Balaban J connectivity index is 2.01. The lowest BCUT2D eigenvalue weighted by atomic mass is 10.2. The molecule has 0 aliphatic rings. The molecule has 0 amide bonds. The van der Waals surface area contributed by atoms with Crippen LogP contribution in [0.5, 0.6) is 11.5 Å². The molecule has 2 aromatic carbocycles. The molecule has 0 saturated carbocycles. The molecule has 5 heteroatoms. The number of nitrogens with zero attached hydrogens (tertiary/aromatic N) is 1. The number of aliphatic imine (C=N–C) groups is 1. The molecule has 0 heterocycles. The van der Waals surface area contributed by atoms with Gasteiger partial charge in [-0.15, -0.1) is 0 Å². The highest BCUT2D eigenvalue weighted by molar-refractivity contribution is 5.80. The van der Waals surface area contributed by atoms with Crippen molar-refractivity contribution >= 4 is 6.21 Å². The fourth-order valence-corrected chi connectivity index (χ4v) is 2.39. The van der Waals surface area contributed by atoms with E-state index < -0.39 is 0 Å². The van der Waals surface area contributed by atoms with Crippen LogP contribution in [0.25, 0.3) is 0 Å². The predicted molar refractivity (Wildman–Crippen MR) is 103 cm³/mol. The SMILES string of the molecule is CCOC(CN=Cc1ccc(OC)c(OCc2ccccc2)c1)OCC. The van der Waals surface area contributed by atoms with Crippen LogP contribution in [-0.4, -0.2) is 39.4 Å². The molecule has 0 aliphatic carbocycles. The van der Waals surface area contributed by atoms with Crippen molar-refractivity contribution in [2.75, 3.05) is 26.9 Å². The van der Waals surface area contributed by atoms with Crippen LogP contribution < -0.4 is 9.47 Å². The van der Waals surface area contributed by atoms with E-state index in [4.69, 9.17) is 18.9 Å². The average Bonchev–Trinajstić information content (AvgIpc) is 2.67. The van der Waals surface area contributed by atoms with Crippen LogP contribution in [0.15, 0.2) is 53.5 Å². The lowest BCUT2D eigenvalue weighted by molar-refractivity contribution is -0.128. The first-order chi connectivity index (χ1) is 12.8. The van der Waals surface area contributed by atoms with E-state index in [1.54, 1.807) is 13.3 Å². The van der Waals surface area contributed by atoms with Crippen LogP contribution in [-0.2, 0) is 16.1 Å². The Morgan fingerprint density at radius 2 is 1.69 bits per heavy atom. The standard InChI is InChI=1S/C21H27NO4/c1-4-24-21(25-5-2)15-22-14-18-11-12-19(23-3)20(13-18)26-16-17-9-7-6-8-10-17/h6-14,21H,4-5,15-16H2,1-3H3. The molecule has 26 heavy (non-hydrogen) atoms. The molecule has 0 radical (unpaired) electrons. The van der Waals surface area contributed by atoms with E-state index in [0.29, 0.717) is 37.9 Å². The highest BCUT2D eigenvalue weighted by atomic mass is 16.7. The second-order valence-corrected chi connectivity index (χ2v) is 5.52. The second-order valence-electron chi connectivity index (χ2n) is 5.52. The largest absolute Gasteiger partial charge is 0.493 e. The molecule has 0 spiro atoms. The maximum Gasteiger partial charge on any atom is 0.176 e. The molecule has 0 bridgehead atoms.